The number of nitriles is 1. The maximum atomic E-state index is 12.2. The Bertz CT molecular complexity index is 653. The maximum absolute atomic E-state index is 12.2. The molecule has 1 amide bonds. The van der Waals surface area contributed by atoms with Crippen molar-refractivity contribution in [2.45, 2.75) is 56.9 Å². The van der Waals surface area contributed by atoms with E-state index in [0.717, 1.165) is 37.7 Å². The fourth-order valence-electron chi connectivity index (χ4n) is 3.42. The summed E-state index contributed by atoms with van der Waals surface area (Å²) < 4.78 is 5.16. The Kier molecular flexibility index (Phi) is 4.67. The number of esters is 1. The summed E-state index contributed by atoms with van der Waals surface area (Å²) in [5, 5.41) is 13.8. The number of nitrogens with zero attached hydrogens (tertiary/aromatic N) is 1. The first-order valence-electron chi connectivity index (χ1n) is 8.12. The van der Waals surface area contributed by atoms with E-state index < -0.39 is 17.4 Å². The number of carbonyl (C=O) groups excluding carboxylic acids is 2. The Morgan fingerprint density at radius 3 is 2.74 bits per heavy atom. The molecule has 0 spiro atoms. The van der Waals surface area contributed by atoms with Crippen molar-refractivity contribution in [3.63, 3.8) is 0 Å². The number of hydrogen-bond acceptors (Lipinski definition) is 5. The van der Waals surface area contributed by atoms with E-state index in [4.69, 9.17) is 4.74 Å². The fourth-order valence-corrected chi connectivity index (χ4v) is 4.54. The third-order valence-corrected chi connectivity index (χ3v) is 5.75. The van der Waals surface area contributed by atoms with Crippen LogP contribution in [0.2, 0.25) is 0 Å². The van der Waals surface area contributed by atoms with Crippen LogP contribution in [-0.2, 0) is 22.4 Å². The monoisotopic (exact) mass is 332 g/mol. The molecular weight excluding hydrogens is 312 g/mol. The minimum atomic E-state index is -0.773. The Hall–Kier alpha value is -1.87. The number of amides is 1. The molecule has 1 saturated carbocycles. The van der Waals surface area contributed by atoms with E-state index in [2.05, 4.69) is 11.4 Å². The van der Waals surface area contributed by atoms with Gasteiger partial charge in [-0.05, 0) is 56.9 Å². The van der Waals surface area contributed by atoms with E-state index in [1.807, 2.05) is 5.38 Å². The summed E-state index contributed by atoms with van der Waals surface area (Å²) in [4.78, 5) is 25.5. The van der Waals surface area contributed by atoms with Gasteiger partial charge in [-0.25, -0.2) is 4.79 Å². The maximum Gasteiger partial charge on any atom is 0.339 e. The molecule has 3 rings (SSSR count). The lowest BCUT2D eigenvalue weighted by molar-refractivity contribution is -0.125. The van der Waals surface area contributed by atoms with Crippen LogP contribution in [0.5, 0.6) is 0 Å². The lowest BCUT2D eigenvalue weighted by atomic mass is 9.96. The third-order valence-electron chi connectivity index (χ3n) is 4.67. The standard InChI is InChI=1S/C17H20N2O3S/c18-11-17(7-3-4-8-17)19-15(20)9-22-16(21)13-10-23-14-6-2-1-5-12(13)14/h10H,1-9H2,(H,19,20). The second-order valence-corrected chi connectivity index (χ2v) is 7.25. The highest BCUT2D eigenvalue weighted by Gasteiger charge is 2.35. The Morgan fingerprint density at radius 1 is 1.26 bits per heavy atom. The van der Waals surface area contributed by atoms with E-state index in [0.29, 0.717) is 18.4 Å². The number of hydrogen-bond donors (Lipinski definition) is 1. The first-order chi connectivity index (χ1) is 11.1. The van der Waals surface area contributed by atoms with Gasteiger partial charge in [-0.3, -0.25) is 4.79 Å². The number of aryl methyl sites for hydroxylation is 1. The minimum Gasteiger partial charge on any atom is -0.452 e. The first-order valence-corrected chi connectivity index (χ1v) is 9.00. The van der Waals surface area contributed by atoms with Gasteiger partial charge in [-0.1, -0.05) is 0 Å². The van der Waals surface area contributed by atoms with Crippen molar-refractivity contribution in [2.24, 2.45) is 0 Å². The molecule has 6 heteroatoms. The Balaban J connectivity index is 1.56. The van der Waals surface area contributed by atoms with Gasteiger partial charge in [0.2, 0.25) is 0 Å². The van der Waals surface area contributed by atoms with Gasteiger partial charge in [0.1, 0.15) is 5.54 Å². The molecule has 122 valence electrons. The molecule has 0 unspecified atom stereocenters. The Morgan fingerprint density at radius 2 is 2.00 bits per heavy atom. The van der Waals surface area contributed by atoms with Crippen LogP contribution >= 0.6 is 11.3 Å². The smallest absolute Gasteiger partial charge is 0.339 e. The van der Waals surface area contributed by atoms with Crippen molar-refractivity contribution in [1.82, 2.24) is 5.32 Å². The van der Waals surface area contributed by atoms with Crippen LogP contribution in [0.25, 0.3) is 0 Å². The zero-order chi connectivity index (χ0) is 16.3. The van der Waals surface area contributed by atoms with Crippen molar-refractivity contribution >= 4 is 23.2 Å². The summed E-state index contributed by atoms with van der Waals surface area (Å²) >= 11 is 1.60. The van der Waals surface area contributed by atoms with Gasteiger partial charge in [0.05, 0.1) is 11.6 Å². The molecule has 0 saturated heterocycles. The number of nitrogens with one attached hydrogen (secondary N) is 1. The second kappa shape index (κ2) is 6.71. The van der Waals surface area contributed by atoms with E-state index >= 15 is 0 Å². The number of fused-ring (bicyclic) bond motifs is 1. The highest BCUT2D eigenvalue weighted by molar-refractivity contribution is 7.10. The summed E-state index contributed by atoms with van der Waals surface area (Å²) in [6.45, 7) is -0.327. The van der Waals surface area contributed by atoms with Gasteiger partial charge in [-0.2, -0.15) is 5.26 Å². The molecule has 0 aliphatic heterocycles. The number of ether oxygens (including phenoxy) is 1. The average Bonchev–Trinajstić information content (AvgIpc) is 3.20. The summed E-state index contributed by atoms with van der Waals surface area (Å²) in [6.07, 6.45) is 7.41. The summed E-state index contributed by atoms with van der Waals surface area (Å²) in [5.74, 6) is -0.831. The Labute approximate surface area is 139 Å². The molecule has 1 heterocycles. The van der Waals surface area contributed by atoms with Gasteiger partial charge in [0.25, 0.3) is 5.91 Å². The predicted molar refractivity (Wildman–Crippen MR) is 86.2 cm³/mol. The van der Waals surface area contributed by atoms with E-state index in [1.54, 1.807) is 11.3 Å². The second-order valence-electron chi connectivity index (χ2n) is 6.28. The third kappa shape index (κ3) is 3.40. The van der Waals surface area contributed by atoms with E-state index in [9.17, 15) is 14.9 Å². The number of carbonyl (C=O) groups is 2. The summed E-state index contributed by atoms with van der Waals surface area (Å²) in [6, 6.07) is 2.19. The lowest BCUT2D eigenvalue weighted by Crippen LogP contribution is -2.46. The van der Waals surface area contributed by atoms with Crippen LogP contribution in [0.15, 0.2) is 5.38 Å². The van der Waals surface area contributed by atoms with Gasteiger partial charge in [-0.15, -0.1) is 11.3 Å². The zero-order valence-electron chi connectivity index (χ0n) is 13.0. The van der Waals surface area contributed by atoms with Crippen molar-refractivity contribution in [3.05, 3.63) is 21.4 Å². The largest absolute Gasteiger partial charge is 0.452 e. The first kappa shape index (κ1) is 16.0. The predicted octanol–water partition coefficient (Wildman–Crippen LogP) is 2.74. The van der Waals surface area contributed by atoms with Crippen LogP contribution < -0.4 is 5.32 Å². The summed E-state index contributed by atoms with van der Waals surface area (Å²) in [5.41, 5.74) is 0.926. The SMILES string of the molecule is N#CC1(NC(=O)COC(=O)c2csc3c2CCCC3)CCCC1. The van der Waals surface area contributed by atoms with Crippen molar-refractivity contribution in [1.29, 1.82) is 5.26 Å². The topological polar surface area (TPSA) is 79.2 Å². The molecule has 0 atom stereocenters. The highest BCUT2D eigenvalue weighted by atomic mass is 32.1. The molecule has 1 aromatic rings. The molecule has 0 bridgehead atoms. The fraction of sp³-hybridized carbons (Fsp3) is 0.588. The van der Waals surface area contributed by atoms with Crippen molar-refractivity contribution < 1.29 is 14.3 Å². The van der Waals surface area contributed by atoms with Crippen molar-refractivity contribution in [3.8, 4) is 6.07 Å². The van der Waals surface area contributed by atoms with Gasteiger partial charge < -0.3 is 10.1 Å². The van der Waals surface area contributed by atoms with Crippen LogP contribution in [0.4, 0.5) is 0 Å². The van der Waals surface area contributed by atoms with Crippen LogP contribution in [0.1, 0.15) is 59.3 Å². The average molecular weight is 332 g/mol. The molecule has 5 nitrogen and oxygen atoms in total. The lowest BCUT2D eigenvalue weighted by Gasteiger charge is -2.21. The molecule has 1 fully saturated rings. The quantitative estimate of drug-likeness (QED) is 0.860. The molecule has 23 heavy (non-hydrogen) atoms. The summed E-state index contributed by atoms with van der Waals surface area (Å²) in [7, 11) is 0. The minimum absolute atomic E-state index is 0.327. The van der Waals surface area contributed by atoms with Crippen LogP contribution in [0.3, 0.4) is 0 Å². The molecule has 2 aliphatic carbocycles. The van der Waals surface area contributed by atoms with E-state index in [-0.39, 0.29) is 6.61 Å². The number of thiophene rings is 1. The van der Waals surface area contributed by atoms with Crippen LogP contribution in [-0.4, -0.2) is 24.0 Å². The normalized spacial score (nSPS) is 18.7. The zero-order valence-corrected chi connectivity index (χ0v) is 13.8. The highest BCUT2D eigenvalue weighted by Crippen LogP contribution is 2.31. The van der Waals surface area contributed by atoms with E-state index in [1.165, 1.54) is 11.3 Å². The molecule has 0 aromatic carbocycles. The van der Waals surface area contributed by atoms with Gasteiger partial charge >= 0.3 is 5.97 Å². The molecule has 2 aliphatic rings. The van der Waals surface area contributed by atoms with Crippen LogP contribution in [0, 0.1) is 11.3 Å². The molecule has 1 aromatic heterocycles. The molecular formula is C17H20N2O3S. The molecule has 1 N–H and O–H groups in total. The van der Waals surface area contributed by atoms with Gasteiger partial charge in [0, 0.05) is 10.3 Å². The van der Waals surface area contributed by atoms with Gasteiger partial charge in [0.15, 0.2) is 6.61 Å². The van der Waals surface area contributed by atoms with Crippen molar-refractivity contribution in [2.75, 3.05) is 6.61 Å². The number of rotatable bonds is 4. The molecule has 0 radical (unpaired) electrons.